The highest BCUT2D eigenvalue weighted by molar-refractivity contribution is 6.30. The van der Waals surface area contributed by atoms with Gasteiger partial charge in [0.05, 0.1) is 6.54 Å². The minimum Gasteiger partial charge on any atom is -0.626 e. The van der Waals surface area contributed by atoms with Crippen LogP contribution in [-0.4, -0.2) is 19.8 Å². The Morgan fingerprint density at radius 1 is 0.900 bits per heavy atom. The molecule has 20 heavy (non-hydrogen) atoms. The standard InChI is InChI=1S/C15H14Cl2N2O/c16-12-1-5-14(6-2-12)18-9-10-19(20,11-18)15-7-3-13(17)4-8-15/h1-8H,9-11H2. The summed E-state index contributed by atoms with van der Waals surface area (Å²) in [6.45, 7) is 1.67. The minimum atomic E-state index is -0.347. The molecule has 1 fully saturated rings. The highest BCUT2D eigenvalue weighted by Gasteiger charge is 2.31. The Hall–Kier alpha value is -1.26. The van der Waals surface area contributed by atoms with Crippen molar-refractivity contribution in [2.45, 2.75) is 0 Å². The number of hydroxylamine groups is 2. The first-order valence-corrected chi connectivity index (χ1v) is 7.17. The van der Waals surface area contributed by atoms with Crippen LogP contribution in [0.5, 0.6) is 0 Å². The van der Waals surface area contributed by atoms with E-state index in [-0.39, 0.29) is 4.65 Å². The summed E-state index contributed by atoms with van der Waals surface area (Å²) in [4.78, 5) is 2.08. The van der Waals surface area contributed by atoms with Crippen molar-refractivity contribution in [3.8, 4) is 0 Å². The molecule has 0 N–H and O–H groups in total. The molecule has 2 aromatic carbocycles. The van der Waals surface area contributed by atoms with E-state index in [2.05, 4.69) is 4.90 Å². The summed E-state index contributed by atoms with van der Waals surface area (Å²) in [5.41, 5.74) is 1.77. The second-order valence-corrected chi connectivity index (χ2v) is 5.84. The predicted molar refractivity (Wildman–Crippen MR) is 85.1 cm³/mol. The summed E-state index contributed by atoms with van der Waals surface area (Å²) < 4.78 is -0.347. The van der Waals surface area contributed by atoms with Crippen LogP contribution in [0.2, 0.25) is 10.0 Å². The number of quaternary nitrogens is 1. The van der Waals surface area contributed by atoms with E-state index in [0.717, 1.165) is 17.9 Å². The molecule has 3 nitrogen and oxygen atoms in total. The van der Waals surface area contributed by atoms with Crippen molar-refractivity contribution in [1.82, 2.24) is 4.65 Å². The molecule has 0 spiro atoms. The molecule has 1 heterocycles. The van der Waals surface area contributed by atoms with E-state index in [4.69, 9.17) is 23.2 Å². The summed E-state index contributed by atoms with van der Waals surface area (Å²) in [6, 6.07) is 14.7. The molecule has 3 rings (SSSR count). The lowest BCUT2D eigenvalue weighted by atomic mass is 10.3. The van der Waals surface area contributed by atoms with Crippen LogP contribution in [0.15, 0.2) is 48.5 Å². The van der Waals surface area contributed by atoms with Crippen LogP contribution in [-0.2, 0) is 0 Å². The van der Waals surface area contributed by atoms with Gasteiger partial charge in [0, 0.05) is 27.9 Å². The Morgan fingerprint density at radius 2 is 1.45 bits per heavy atom. The molecule has 1 atom stereocenters. The fourth-order valence-electron chi connectivity index (χ4n) is 2.49. The third-order valence-electron chi connectivity index (χ3n) is 3.62. The van der Waals surface area contributed by atoms with Gasteiger partial charge < -0.3 is 14.8 Å². The maximum Gasteiger partial charge on any atom is 0.159 e. The number of hydrogen-bond acceptors (Lipinski definition) is 2. The van der Waals surface area contributed by atoms with E-state index in [1.54, 1.807) is 24.3 Å². The number of rotatable bonds is 2. The fraction of sp³-hybridized carbons (Fsp3) is 0.200. The fourth-order valence-corrected chi connectivity index (χ4v) is 2.74. The molecule has 104 valence electrons. The van der Waals surface area contributed by atoms with E-state index in [1.807, 2.05) is 24.3 Å². The highest BCUT2D eigenvalue weighted by atomic mass is 35.5. The summed E-state index contributed by atoms with van der Waals surface area (Å²) in [6.07, 6.45) is 0. The van der Waals surface area contributed by atoms with Crippen LogP contribution in [0.4, 0.5) is 11.4 Å². The van der Waals surface area contributed by atoms with Gasteiger partial charge in [-0.2, -0.15) is 0 Å². The van der Waals surface area contributed by atoms with E-state index >= 15 is 0 Å². The molecule has 1 saturated heterocycles. The lowest BCUT2D eigenvalue weighted by molar-refractivity contribution is 0.458. The average molecular weight is 309 g/mol. The van der Waals surface area contributed by atoms with E-state index in [0.29, 0.717) is 23.3 Å². The first kappa shape index (κ1) is 13.7. The second-order valence-electron chi connectivity index (χ2n) is 4.97. The SMILES string of the molecule is [O-][N+]1(c2ccc(Cl)cc2)CCN(c2ccc(Cl)cc2)C1. The maximum absolute atomic E-state index is 12.9. The van der Waals surface area contributed by atoms with Crippen molar-refractivity contribution in [1.29, 1.82) is 0 Å². The molecular formula is C15H14Cl2N2O. The molecule has 0 saturated carbocycles. The minimum absolute atomic E-state index is 0.347. The maximum atomic E-state index is 12.9. The normalized spacial score (nSPS) is 22.2. The largest absolute Gasteiger partial charge is 0.626 e. The zero-order chi connectivity index (χ0) is 14.2. The predicted octanol–water partition coefficient (Wildman–Crippen LogP) is 4.28. The lowest BCUT2D eigenvalue weighted by Gasteiger charge is -2.37. The van der Waals surface area contributed by atoms with Gasteiger partial charge in [-0.1, -0.05) is 23.2 Å². The van der Waals surface area contributed by atoms with E-state index in [9.17, 15) is 5.21 Å². The molecule has 0 radical (unpaired) electrons. The van der Waals surface area contributed by atoms with Gasteiger partial charge in [-0.25, -0.2) is 0 Å². The topological polar surface area (TPSA) is 26.3 Å². The van der Waals surface area contributed by atoms with Crippen LogP contribution in [0.3, 0.4) is 0 Å². The summed E-state index contributed by atoms with van der Waals surface area (Å²) >= 11 is 11.8. The monoisotopic (exact) mass is 308 g/mol. The van der Waals surface area contributed by atoms with Crippen molar-refractivity contribution in [3.63, 3.8) is 0 Å². The van der Waals surface area contributed by atoms with Gasteiger partial charge in [0.25, 0.3) is 0 Å². The molecular weight excluding hydrogens is 295 g/mol. The molecule has 1 aliphatic heterocycles. The molecule has 5 heteroatoms. The van der Waals surface area contributed by atoms with Crippen molar-refractivity contribution in [3.05, 3.63) is 63.8 Å². The molecule has 2 aromatic rings. The van der Waals surface area contributed by atoms with Crippen molar-refractivity contribution < 1.29 is 0 Å². The lowest BCUT2D eigenvalue weighted by Crippen LogP contribution is -2.42. The van der Waals surface area contributed by atoms with Gasteiger partial charge >= 0.3 is 0 Å². The number of halogens is 2. The average Bonchev–Trinajstić information content (AvgIpc) is 2.84. The molecule has 0 bridgehead atoms. The zero-order valence-corrected chi connectivity index (χ0v) is 12.3. The Labute approximate surface area is 128 Å². The van der Waals surface area contributed by atoms with Crippen LogP contribution >= 0.6 is 23.2 Å². The first-order chi connectivity index (χ1) is 9.57. The van der Waals surface area contributed by atoms with Gasteiger partial charge in [0.1, 0.15) is 12.2 Å². The summed E-state index contributed by atoms with van der Waals surface area (Å²) in [7, 11) is 0. The molecule has 1 aliphatic rings. The molecule has 1 unspecified atom stereocenters. The van der Waals surface area contributed by atoms with Crippen molar-refractivity contribution >= 4 is 34.6 Å². The summed E-state index contributed by atoms with van der Waals surface area (Å²) in [5.74, 6) is 0. The quantitative estimate of drug-likeness (QED) is 0.611. The van der Waals surface area contributed by atoms with Gasteiger partial charge in [0.15, 0.2) is 6.67 Å². The Bertz CT molecular complexity index is 600. The Balaban J connectivity index is 1.81. The third kappa shape index (κ3) is 2.63. The third-order valence-corrected chi connectivity index (χ3v) is 4.12. The number of anilines is 1. The van der Waals surface area contributed by atoms with Crippen molar-refractivity contribution in [2.75, 3.05) is 24.7 Å². The Morgan fingerprint density at radius 3 is 2.05 bits per heavy atom. The van der Waals surface area contributed by atoms with Gasteiger partial charge in [-0.3, -0.25) is 0 Å². The smallest absolute Gasteiger partial charge is 0.159 e. The van der Waals surface area contributed by atoms with Crippen LogP contribution in [0, 0.1) is 5.21 Å². The van der Waals surface area contributed by atoms with E-state index in [1.165, 1.54) is 0 Å². The summed E-state index contributed by atoms with van der Waals surface area (Å²) in [5, 5.41) is 14.2. The zero-order valence-electron chi connectivity index (χ0n) is 10.8. The molecule has 0 aliphatic carbocycles. The van der Waals surface area contributed by atoms with Crippen molar-refractivity contribution in [2.24, 2.45) is 0 Å². The first-order valence-electron chi connectivity index (χ1n) is 6.42. The molecule has 0 aromatic heterocycles. The number of nitrogens with zero attached hydrogens (tertiary/aromatic N) is 2. The van der Waals surface area contributed by atoms with Crippen LogP contribution in [0.25, 0.3) is 0 Å². The van der Waals surface area contributed by atoms with Gasteiger partial charge in [0.2, 0.25) is 0 Å². The Kier molecular flexibility index (Phi) is 3.61. The van der Waals surface area contributed by atoms with Gasteiger partial charge in [-0.15, -0.1) is 0 Å². The van der Waals surface area contributed by atoms with Crippen LogP contribution < -0.4 is 9.55 Å². The van der Waals surface area contributed by atoms with E-state index < -0.39 is 0 Å². The number of benzene rings is 2. The van der Waals surface area contributed by atoms with Gasteiger partial charge in [-0.05, 0) is 36.4 Å². The highest BCUT2D eigenvalue weighted by Crippen LogP contribution is 2.30. The second kappa shape index (κ2) is 5.26. The molecule has 0 amide bonds. The van der Waals surface area contributed by atoms with Crippen LogP contribution in [0.1, 0.15) is 0 Å². The number of hydrogen-bond donors (Lipinski definition) is 0.